The van der Waals surface area contributed by atoms with E-state index in [4.69, 9.17) is 0 Å². The first kappa shape index (κ1) is 19.9. The van der Waals surface area contributed by atoms with Gasteiger partial charge >= 0.3 is 0 Å². The number of rotatable bonds is 1. The van der Waals surface area contributed by atoms with E-state index < -0.39 is 0 Å². The molecule has 0 fully saturated rings. The first-order valence-electron chi connectivity index (χ1n) is 12.5. The molecule has 0 bridgehead atoms. The van der Waals surface area contributed by atoms with Crippen LogP contribution in [0.4, 0.5) is 0 Å². The minimum Gasteiger partial charge on any atom is -0.309 e. The third-order valence-electron chi connectivity index (χ3n) is 7.77. The van der Waals surface area contributed by atoms with Crippen molar-refractivity contribution in [2.75, 3.05) is 0 Å². The Morgan fingerprint density at radius 1 is 0.432 bits per heavy atom. The minimum absolute atomic E-state index is 1.22. The third kappa shape index (κ3) is 2.58. The lowest BCUT2D eigenvalue weighted by Gasteiger charge is -2.11. The molecule has 9 aromatic rings. The number of hydrogen-bond donors (Lipinski definition) is 0. The van der Waals surface area contributed by atoms with Crippen LogP contribution in [0, 0.1) is 0 Å². The second-order valence-corrected chi connectivity index (χ2v) is 11.8. The number of para-hydroxylation sites is 1. The van der Waals surface area contributed by atoms with E-state index >= 15 is 0 Å². The molecule has 9 rings (SSSR count). The zero-order chi connectivity index (χ0) is 24.1. The third-order valence-corrected chi connectivity index (χ3v) is 10.1. The average Bonchev–Trinajstić information content (AvgIpc) is 3.62. The van der Waals surface area contributed by atoms with Crippen LogP contribution in [0.15, 0.2) is 115 Å². The zero-order valence-electron chi connectivity index (χ0n) is 19.7. The molecule has 0 N–H and O–H groups in total. The highest BCUT2D eigenvalue weighted by Gasteiger charge is 2.21. The molecule has 0 spiro atoms. The van der Waals surface area contributed by atoms with E-state index in [1.165, 1.54) is 78.6 Å². The predicted molar refractivity (Wildman–Crippen MR) is 164 cm³/mol. The fourth-order valence-electron chi connectivity index (χ4n) is 6.24. The van der Waals surface area contributed by atoms with E-state index in [1.807, 2.05) is 22.7 Å². The summed E-state index contributed by atoms with van der Waals surface area (Å²) in [7, 11) is 0. The summed E-state index contributed by atoms with van der Waals surface area (Å²) in [5, 5.41) is 10.7. The molecule has 3 heteroatoms. The van der Waals surface area contributed by atoms with E-state index in [-0.39, 0.29) is 0 Å². The molecular weight excluding hydrogens is 487 g/mol. The van der Waals surface area contributed by atoms with Crippen molar-refractivity contribution in [1.29, 1.82) is 0 Å². The van der Waals surface area contributed by atoms with Gasteiger partial charge in [-0.3, -0.25) is 0 Å². The van der Waals surface area contributed by atoms with Gasteiger partial charge in [0, 0.05) is 62.2 Å². The van der Waals surface area contributed by atoms with Crippen LogP contribution in [0.3, 0.4) is 0 Å². The molecule has 0 saturated carbocycles. The predicted octanol–water partition coefficient (Wildman–Crippen LogP) is 10.7. The van der Waals surface area contributed by atoms with Crippen molar-refractivity contribution < 1.29 is 0 Å². The largest absolute Gasteiger partial charge is 0.309 e. The first-order valence-corrected chi connectivity index (χ1v) is 14.2. The van der Waals surface area contributed by atoms with Crippen molar-refractivity contribution in [2.24, 2.45) is 0 Å². The molecular formula is C34H19NS2. The molecule has 0 unspecified atom stereocenters. The van der Waals surface area contributed by atoms with E-state index in [1.54, 1.807) is 0 Å². The van der Waals surface area contributed by atoms with Crippen molar-refractivity contribution in [3.8, 4) is 5.69 Å². The molecule has 0 atom stereocenters. The number of fused-ring (bicyclic) bond motifs is 13. The van der Waals surface area contributed by atoms with Crippen LogP contribution in [-0.4, -0.2) is 4.57 Å². The second kappa shape index (κ2) is 7.19. The lowest BCUT2D eigenvalue weighted by atomic mass is 10.00. The lowest BCUT2D eigenvalue weighted by molar-refractivity contribution is 1.19. The molecule has 1 nitrogen and oxygen atoms in total. The maximum Gasteiger partial charge on any atom is 0.0634 e. The Bertz CT molecular complexity index is 2360. The summed E-state index contributed by atoms with van der Waals surface area (Å²) in [6, 6.07) is 42.5. The quantitative estimate of drug-likeness (QED) is 0.209. The summed E-state index contributed by atoms with van der Waals surface area (Å²) in [5.41, 5.74) is 3.77. The molecule has 0 amide bonds. The van der Waals surface area contributed by atoms with Crippen LogP contribution in [0.5, 0.6) is 0 Å². The lowest BCUT2D eigenvalue weighted by Crippen LogP contribution is -1.94. The molecule has 3 aromatic heterocycles. The Labute approximate surface area is 220 Å². The van der Waals surface area contributed by atoms with Crippen LogP contribution >= 0.6 is 22.7 Å². The van der Waals surface area contributed by atoms with Gasteiger partial charge in [0.25, 0.3) is 0 Å². The van der Waals surface area contributed by atoms with Gasteiger partial charge in [0.05, 0.1) is 11.0 Å². The van der Waals surface area contributed by atoms with Crippen LogP contribution in [-0.2, 0) is 0 Å². The SMILES string of the molecule is c1ccc2c(c1)sc1ccc(-n3c4ccccc4c4c5sc6ccccc6c5c5ccccc5c43)cc12. The highest BCUT2D eigenvalue weighted by molar-refractivity contribution is 7.27. The summed E-state index contributed by atoms with van der Waals surface area (Å²) < 4.78 is 7.91. The highest BCUT2D eigenvalue weighted by atomic mass is 32.1. The molecule has 0 radical (unpaired) electrons. The smallest absolute Gasteiger partial charge is 0.0634 e. The van der Waals surface area contributed by atoms with Gasteiger partial charge in [-0.2, -0.15) is 0 Å². The van der Waals surface area contributed by atoms with Gasteiger partial charge < -0.3 is 4.57 Å². The Morgan fingerprint density at radius 2 is 1.05 bits per heavy atom. The van der Waals surface area contributed by atoms with Crippen LogP contribution < -0.4 is 0 Å². The summed E-state index contributed by atoms with van der Waals surface area (Å²) in [5.74, 6) is 0. The van der Waals surface area contributed by atoms with Crippen molar-refractivity contribution in [3.63, 3.8) is 0 Å². The van der Waals surface area contributed by atoms with Crippen LogP contribution in [0.25, 0.3) is 78.6 Å². The van der Waals surface area contributed by atoms with Crippen molar-refractivity contribution in [1.82, 2.24) is 4.57 Å². The highest BCUT2D eigenvalue weighted by Crippen LogP contribution is 2.48. The van der Waals surface area contributed by atoms with Crippen molar-refractivity contribution in [2.45, 2.75) is 0 Å². The molecule has 0 saturated heterocycles. The molecule has 3 heterocycles. The number of hydrogen-bond acceptors (Lipinski definition) is 2. The van der Waals surface area contributed by atoms with E-state index in [0.717, 1.165) is 0 Å². The monoisotopic (exact) mass is 505 g/mol. The van der Waals surface area contributed by atoms with Crippen molar-refractivity contribution in [3.05, 3.63) is 115 Å². The maximum atomic E-state index is 2.50. The molecule has 172 valence electrons. The summed E-state index contributed by atoms with van der Waals surface area (Å²) in [6.07, 6.45) is 0. The van der Waals surface area contributed by atoms with Gasteiger partial charge in [-0.25, -0.2) is 0 Å². The standard InChI is InChI=1S/C34H19NS2/c1-2-11-23-22(10-1)31-25-13-5-8-16-29(25)37-34(31)32-24-12-3-6-14-27(24)35(33(23)32)20-17-18-30-26(19-20)21-9-4-7-15-28(21)36-30/h1-19H. The second-order valence-electron chi connectivity index (χ2n) is 9.70. The van der Waals surface area contributed by atoms with E-state index in [2.05, 4.69) is 120 Å². The van der Waals surface area contributed by atoms with Crippen molar-refractivity contribution >= 4 is 95.6 Å². The Hall–Kier alpha value is -4.18. The zero-order valence-corrected chi connectivity index (χ0v) is 21.4. The first-order chi connectivity index (χ1) is 18.4. The molecule has 37 heavy (non-hydrogen) atoms. The molecule has 0 aliphatic carbocycles. The fraction of sp³-hybridized carbons (Fsp3) is 0. The van der Waals surface area contributed by atoms with Gasteiger partial charge in [-0.15, -0.1) is 22.7 Å². The van der Waals surface area contributed by atoms with Gasteiger partial charge in [-0.1, -0.05) is 78.9 Å². The van der Waals surface area contributed by atoms with E-state index in [0.29, 0.717) is 0 Å². The Morgan fingerprint density at radius 3 is 1.89 bits per heavy atom. The summed E-state index contributed by atoms with van der Waals surface area (Å²) in [4.78, 5) is 0. The Balaban J connectivity index is 1.54. The minimum atomic E-state index is 1.22. The van der Waals surface area contributed by atoms with Crippen LogP contribution in [0.2, 0.25) is 0 Å². The summed E-state index contributed by atoms with van der Waals surface area (Å²) >= 11 is 3.80. The number of nitrogens with zero attached hydrogens (tertiary/aromatic N) is 1. The average molecular weight is 506 g/mol. The Kier molecular flexibility index (Phi) is 3.88. The number of benzene rings is 6. The fourth-order valence-corrected chi connectivity index (χ4v) is 8.61. The number of thiophene rings is 2. The summed E-state index contributed by atoms with van der Waals surface area (Å²) in [6.45, 7) is 0. The van der Waals surface area contributed by atoms with Gasteiger partial charge in [0.15, 0.2) is 0 Å². The van der Waals surface area contributed by atoms with Gasteiger partial charge in [0.2, 0.25) is 0 Å². The molecule has 0 aliphatic heterocycles. The number of aromatic nitrogens is 1. The van der Waals surface area contributed by atoms with E-state index in [9.17, 15) is 0 Å². The van der Waals surface area contributed by atoms with Gasteiger partial charge in [0.1, 0.15) is 0 Å². The van der Waals surface area contributed by atoms with Gasteiger partial charge in [-0.05, 0) is 41.8 Å². The topological polar surface area (TPSA) is 4.93 Å². The normalized spacial score (nSPS) is 12.3. The molecule has 6 aromatic carbocycles. The maximum absolute atomic E-state index is 2.50. The van der Waals surface area contributed by atoms with Crippen LogP contribution in [0.1, 0.15) is 0 Å². The molecule has 0 aliphatic rings.